The van der Waals surface area contributed by atoms with Gasteiger partial charge in [-0.1, -0.05) is 39.7 Å². The highest BCUT2D eigenvalue weighted by Crippen LogP contribution is 2.28. The maximum Gasteiger partial charge on any atom is 0.264 e. The van der Waals surface area contributed by atoms with Gasteiger partial charge in [-0.25, -0.2) is 8.42 Å². The molecule has 5 nitrogen and oxygen atoms in total. The molecule has 0 bridgehead atoms. The van der Waals surface area contributed by atoms with E-state index in [0.717, 1.165) is 4.47 Å². The largest absolute Gasteiger partial charge is 0.388 e. The highest BCUT2D eigenvalue weighted by Gasteiger charge is 2.21. The Labute approximate surface area is 140 Å². The molecule has 9 heteroatoms. The maximum atomic E-state index is 12.4. The quantitative estimate of drug-likeness (QED) is 0.763. The van der Waals surface area contributed by atoms with Gasteiger partial charge in [0.05, 0.1) is 10.7 Å². The minimum atomic E-state index is -3.90. The molecule has 0 aliphatic rings. The lowest BCUT2D eigenvalue weighted by atomic mass is 10.3. The van der Waals surface area contributed by atoms with Crippen LogP contribution in [0.4, 0.5) is 5.69 Å². The van der Waals surface area contributed by atoms with E-state index < -0.39 is 10.0 Å². The van der Waals surface area contributed by atoms with Gasteiger partial charge in [0, 0.05) is 10.7 Å². The minimum absolute atomic E-state index is 0.0354. The second kappa shape index (κ2) is 6.27. The van der Waals surface area contributed by atoms with Crippen molar-refractivity contribution in [3.8, 4) is 0 Å². The van der Waals surface area contributed by atoms with E-state index in [9.17, 15) is 8.42 Å². The number of thiocarbonyl (C=S) groups is 1. The van der Waals surface area contributed by atoms with Crippen molar-refractivity contribution >= 4 is 60.4 Å². The summed E-state index contributed by atoms with van der Waals surface area (Å²) in [5.41, 5.74) is 5.78. The number of pyridine rings is 1. The smallest absolute Gasteiger partial charge is 0.264 e. The van der Waals surface area contributed by atoms with Crippen molar-refractivity contribution in [3.05, 3.63) is 51.7 Å². The predicted molar refractivity (Wildman–Crippen MR) is 90.1 cm³/mol. The van der Waals surface area contributed by atoms with E-state index in [2.05, 4.69) is 25.6 Å². The summed E-state index contributed by atoms with van der Waals surface area (Å²) < 4.78 is 28.0. The van der Waals surface area contributed by atoms with Crippen molar-refractivity contribution in [2.45, 2.75) is 4.90 Å². The summed E-state index contributed by atoms with van der Waals surface area (Å²) in [6.45, 7) is 0. The van der Waals surface area contributed by atoms with Gasteiger partial charge in [0.25, 0.3) is 10.0 Å². The van der Waals surface area contributed by atoms with Gasteiger partial charge in [-0.05, 0) is 30.3 Å². The molecule has 1 heterocycles. The Kier molecular flexibility index (Phi) is 4.82. The molecule has 1 aromatic carbocycles. The van der Waals surface area contributed by atoms with Crippen LogP contribution in [-0.2, 0) is 10.0 Å². The van der Waals surface area contributed by atoms with Gasteiger partial charge in [0.15, 0.2) is 0 Å². The van der Waals surface area contributed by atoms with Gasteiger partial charge in [0.1, 0.15) is 15.6 Å². The Morgan fingerprint density at radius 1 is 1.38 bits per heavy atom. The Morgan fingerprint density at radius 3 is 2.71 bits per heavy atom. The van der Waals surface area contributed by atoms with Crippen molar-refractivity contribution in [1.82, 2.24) is 4.98 Å². The van der Waals surface area contributed by atoms with Gasteiger partial charge >= 0.3 is 0 Å². The summed E-state index contributed by atoms with van der Waals surface area (Å²) in [4.78, 5) is 3.70. The molecule has 0 aliphatic heterocycles. The van der Waals surface area contributed by atoms with Crippen LogP contribution in [0.5, 0.6) is 0 Å². The number of halogens is 2. The van der Waals surface area contributed by atoms with Gasteiger partial charge in [-0.15, -0.1) is 0 Å². The number of rotatable bonds is 4. The van der Waals surface area contributed by atoms with Crippen LogP contribution < -0.4 is 10.5 Å². The number of nitrogens with two attached hydrogens (primary N) is 1. The van der Waals surface area contributed by atoms with Gasteiger partial charge in [0.2, 0.25) is 0 Å². The second-order valence-corrected chi connectivity index (χ2v) is 7.36. The van der Waals surface area contributed by atoms with Crippen molar-refractivity contribution in [2.75, 3.05) is 4.72 Å². The first kappa shape index (κ1) is 16.2. The lowest BCUT2D eigenvalue weighted by molar-refractivity contribution is 0.600. The molecule has 3 N–H and O–H groups in total. The zero-order valence-corrected chi connectivity index (χ0v) is 14.4. The molecule has 0 fully saturated rings. The highest BCUT2D eigenvalue weighted by atomic mass is 79.9. The zero-order valence-electron chi connectivity index (χ0n) is 10.4. The molecule has 0 atom stereocenters. The molecule has 0 radical (unpaired) electrons. The average molecular weight is 407 g/mol. The number of nitrogens with one attached hydrogen (secondary N) is 1. The molecular formula is C12H9BrClN3O2S2. The molecule has 0 unspecified atom stereocenters. The lowest BCUT2D eigenvalue weighted by Crippen LogP contribution is -2.21. The van der Waals surface area contributed by atoms with Crippen molar-refractivity contribution in [1.29, 1.82) is 0 Å². The lowest BCUT2D eigenvalue weighted by Gasteiger charge is -2.12. The van der Waals surface area contributed by atoms with Crippen molar-refractivity contribution in [3.63, 3.8) is 0 Å². The summed E-state index contributed by atoms with van der Waals surface area (Å²) in [6.07, 6.45) is 1.42. The van der Waals surface area contributed by atoms with E-state index in [4.69, 9.17) is 29.6 Å². The van der Waals surface area contributed by atoms with Crippen LogP contribution >= 0.6 is 39.7 Å². The summed E-state index contributed by atoms with van der Waals surface area (Å²) in [5, 5.41) is 0.258. The summed E-state index contributed by atoms with van der Waals surface area (Å²) in [6, 6.07) is 7.65. The monoisotopic (exact) mass is 405 g/mol. The summed E-state index contributed by atoms with van der Waals surface area (Å²) in [5.74, 6) is 0. The van der Waals surface area contributed by atoms with Crippen molar-refractivity contribution in [2.24, 2.45) is 5.73 Å². The van der Waals surface area contributed by atoms with Gasteiger partial charge in [-0.2, -0.15) is 0 Å². The Balaban J connectivity index is 2.46. The first-order chi connectivity index (χ1) is 9.81. The number of anilines is 1. The van der Waals surface area contributed by atoms with E-state index in [1.165, 1.54) is 18.3 Å². The second-order valence-electron chi connectivity index (χ2n) is 3.94. The maximum absolute atomic E-state index is 12.4. The molecule has 21 heavy (non-hydrogen) atoms. The molecule has 2 aromatic rings. The van der Waals surface area contributed by atoms with Crippen LogP contribution in [0.1, 0.15) is 5.69 Å². The molecule has 110 valence electrons. The molecule has 0 saturated carbocycles. The fourth-order valence-electron chi connectivity index (χ4n) is 1.56. The van der Waals surface area contributed by atoms with E-state index in [1.807, 2.05) is 0 Å². The van der Waals surface area contributed by atoms with Gasteiger partial charge in [-0.3, -0.25) is 9.71 Å². The molecule has 0 aliphatic carbocycles. The molecule has 0 amide bonds. The van der Waals surface area contributed by atoms with Crippen LogP contribution in [-0.4, -0.2) is 18.4 Å². The number of hydrogen-bond acceptors (Lipinski definition) is 4. The predicted octanol–water partition coefficient (Wildman–Crippen LogP) is 2.93. The third-order valence-corrected chi connectivity index (χ3v) is 4.87. The zero-order chi connectivity index (χ0) is 15.6. The normalized spacial score (nSPS) is 11.1. The topological polar surface area (TPSA) is 85.1 Å². The van der Waals surface area contributed by atoms with Crippen LogP contribution in [0.3, 0.4) is 0 Å². The Bertz CT molecular complexity index is 812. The summed E-state index contributed by atoms with van der Waals surface area (Å²) in [7, 11) is -3.90. The van der Waals surface area contributed by atoms with E-state index in [0.29, 0.717) is 0 Å². The first-order valence-electron chi connectivity index (χ1n) is 5.54. The molecule has 0 saturated heterocycles. The SMILES string of the molecule is NC(=S)c1ncccc1S(=O)(=O)Nc1ccc(Br)cc1Cl. The van der Waals surface area contributed by atoms with Crippen LogP contribution in [0, 0.1) is 0 Å². The minimum Gasteiger partial charge on any atom is -0.388 e. The number of hydrogen-bond donors (Lipinski definition) is 2. The molecule has 2 rings (SSSR count). The standard InChI is InChI=1S/C12H9BrClN3O2S2/c13-7-3-4-9(8(14)6-7)17-21(18,19)10-2-1-5-16-11(10)12(15)20/h1-6,17H,(H2,15,20). The van der Waals surface area contributed by atoms with Crippen molar-refractivity contribution < 1.29 is 8.42 Å². The Hall–Kier alpha value is -1.22. The first-order valence-corrected chi connectivity index (χ1v) is 8.60. The third-order valence-electron chi connectivity index (χ3n) is 2.47. The molecule has 1 aromatic heterocycles. The number of benzene rings is 1. The molecule has 0 spiro atoms. The van der Waals surface area contributed by atoms with Crippen LogP contribution in [0.25, 0.3) is 0 Å². The number of aromatic nitrogens is 1. The van der Waals surface area contributed by atoms with E-state index >= 15 is 0 Å². The fraction of sp³-hybridized carbons (Fsp3) is 0. The number of nitrogens with zero attached hydrogens (tertiary/aromatic N) is 1. The van der Waals surface area contributed by atoms with Crippen LogP contribution in [0.15, 0.2) is 45.9 Å². The highest BCUT2D eigenvalue weighted by molar-refractivity contribution is 9.10. The number of sulfonamides is 1. The average Bonchev–Trinajstić information content (AvgIpc) is 2.42. The fourth-order valence-corrected chi connectivity index (χ4v) is 3.82. The van der Waals surface area contributed by atoms with E-state index in [-0.39, 0.29) is 26.3 Å². The summed E-state index contributed by atoms with van der Waals surface area (Å²) >= 11 is 14.1. The van der Waals surface area contributed by atoms with Gasteiger partial charge < -0.3 is 5.73 Å². The van der Waals surface area contributed by atoms with E-state index in [1.54, 1.807) is 18.2 Å². The Morgan fingerprint density at radius 2 is 2.10 bits per heavy atom. The molecular weight excluding hydrogens is 398 g/mol. The van der Waals surface area contributed by atoms with Crippen LogP contribution in [0.2, 0.25) is 5.02 Å². The third kappa shape index (κ3) is 3.70.